The van der Waals surface area contributed by atoms with Crippen molar-refractivity contribution in [2.45, 2.75) is 24.7 Å². The van der Waals surface area contributed by atoms with E-state index >= 15 is 0 Å². The minimum Gasteiger partial charge on any atom is -0.355 e. The van der Waals surface area contributed by atoms with Crippen molar-refractivity contribution in [3.05, 3.63) is 29.0 Å². The van der Waals surface area contributed by atoms with E-state index in [1.165, 1.54) is 10.4 Å². The fourth-order valence-corrected chi connectivity index (χ4v) is 4.48. The van der Waals surface area contributed by atoms with E-state index in [9.17, 15) is 17.6 Å². The SMILES string of the molecule is CCNCCNC(=O)C1CCN(S(=O)(=O)c2ccc(F)c(Cl)c2)CC1. The third kappa shape index (κ3) is 5.13. The van der Waals surface area contributed by atoms with Crippen LogP contribution in [0.15, 0.2) is 23.1 Å². The van der Waals surface area contributed by atoms with Gasteiger partial charge in [-0.2, -0.15) is 4.31 Å². The molecular formula is C16H23ClFN3O3S. The van der Waals surface area contributed by atoms with Gasteiger partial charge in [0.15, 0.2) is 0 Å². The summed E-state index contributed by atoms with van der Waals surface area (Å²) in [6, 6.07) is 3.36. The van der Waals surface area contributed by atoms with Gasteiger partial charge in [-0.3, -0.25) is 4.79 Å². The Bertz CT molecular complexity index is 707. The van der Waals surface area contributed by atoms with E-state index in [1.54, 1.807) is 0 Å². The average molecular weight is 392 g/mol. The number of hydrogen-bond donors (Lipinski definition) is 2. The zero-order valence-electron chi connectivity index (χ0n) is 14.1. The fourth-order valence-electron chi connectivity index (χ4n) is 2.74. The summed E-state index contributed by atoms with van der Waals surface area (Å²) in [5.41, 5.74) is 0. The van der Waals surface area contributed by atoms with Crippen LogP contribution in [-0.2, 0) is 14.8 Å². The molecule has 25 heavy (non-hydrogen) atoms. The van der Waals surface area contributed by atoms with Gasteiger partial charge in [-0.15, -0.1) is 0 Å². The van der Waals surface area contributed by atoms with Gasteiger partial charge in [-0.25, -0.2) is 12.8 Å². The minimum absolute atomic E-state index is 0.0348. The number of benzene rings is 1. The molecule has 1 saturated heterocycles. The molecule has 9 heteroatoms. The second-order valence-electron chi connectivity index (χ2n) is 5.90. The molecule has 140 valence electrons. The molecule has 1 heterocycles. The molecule has 1 fully saturated rings. The summed E-state index contributed by atoms with van der Waals surface area (Å²) in [4.78, 5) is 12.1. The molecule has 1 amide bonds. The van der Waals surface area contributed by atoms with Gasteiger partial charge in [-0.1, -0.05) is 18.5 Å². The van der Waals surface area contributed by atoms with Gasteiger partial charge < -0.3 is 10.6 Å². The van der Waals surface area contributed by atoms with Crippen molar-refractivity contribution in [2.75, 3.05) is 32.7 Å². The molecule has 0 atom stereocenters. The highest BCUT2D eigenvalue weighted by atomic mass is 35.5. The second kappa shape index (κ2) is 8.93. The summed E-state index contributed by atoms with van der Waals surface area (Å²) >= 11 is 5.68. The number of likely N-dealkylation sites (N-methyl/N-ethyl adjacent to an activating group) is 1. The van der Waals surface area contributed by atoms with E-state index in [2.05, 4.69) is 10.6 Å². The maximum Gasteiger partial charge on any atom is 0.243 e. The lowest BCUT2D eigenvalue weighted by Crippen LogP contribution is -2.44. The van der Waals surface area contributed by atoms with Crippen LogP contribution in [0.5, 0.6) is 0 Å². The highest BCUT2D eigenvalue weighted by Gasteiger charge is 2.32. The van der Waals surface area contributed by atoms with Crippen molar-refractivity contribution in [1.82, 2.24) is 14.9 Å². The van der Waals surface area contributed by atoms with Crippen LogP contribution in [0.2, 0.25) is 5.02 Å². The molecule has 0 aromatic heterocycles. The van der Waals surface area contributed by atoms with E-state index in [0.29, 0.717) is 25.9 Å². The second-order valence-corrected chi connectivity index (χ2v) is 8.24. The fraction of sp³-hybridized carbons (Fsp3) is 0.562. The van der Waals surface area contributed by atoms with Crippen LogP contribution in [0, 0.1) is 11.7 Å². The summed E-state index contributed by atoms with van der Waals surface area (Å²) < 4.78 is 39.8. The number of sulfonamides is 1. The van der Waals surface area contributed by atoms with Crippen LogP contribution in [0.1, 0.15) is 19.8 Å². The van der Waals surface area contributed by atoms with Gasteiger partial charge in [0.1, 0.15) is 5.82 Å². The molecule has 1 aromatic rings. The van der Waals surface area contributed by atoms with Gasteiger partial charge >= 0.3 is 0 Å². The Morgan fingerprint density at radius 3 is 2.60 bits per heavy atom. The Morgan fingerprint density at radius 1 is 1.32 bits per heavy atom. The molecule has 1 aliphatic rings. The summed E-state index contributed by atoms with van der Waals surface area (Å²) in [6.07, 6.45) is 0.919. The number of piperidine rings is 1. The Balaban J connectivity index is 1.92. The van der Waals surface area contributed by atoms with Crippen LogP contribution in [-0.4, -0.2) is 51.4 Å². The van der Waals surface area contributed by atoms with Crippen molar-refractivity contribution in [3.63, 3.8) is 0 Å². The molecule has 0 aliphatic carbocycles. The molecule has 1 aliphatic heterocycles. The zero-order chi connectivity index (χ0) is 18.4. The predicted molar refractivity (Wildman–Crippen MR) is 94.4 cm³/mol. The molecule has 0 bridgehead atoms. The Morgan fingerprint density at radius 2 is 2.00 bits per heavy atom. The molecule has 0 spiro atoms. The van der Waals surface area contributed by atoms with E-state index in [-0.39, 0.29) is 34.8 Å². The third-order valence-electron chi connectivity index (χ3n) is 4.20. The molecule has 0 unspecified atom stereocenters. The molecule has 0 radical (unpaired) electrons. The number of amides is 1. The minimum atomic E-state index is -3.73. The van der Waals surface area contributed by atoms with Crippen molar-refractivity contribution in [2.24, 2.45) is 5.92 Å². The van der Waals surface area contributed by atoms with Gasteiger partial charge in [-0.05, 0) is 37.6 Å². The number of hydrogen-bond acceptors (Lipinski definition) is 4. The van der Waals surface area contributed by atoms with Gasteiger partial charge in [0.05, 0.1) is 9.92 Å². The predicted octanol–water partition coefficient (Wildman–Crippen LogP) is 1.61. The molecule has 6 nitrogen and oxygen atoms in total. The first-order valence-corrected chi connectivity index (χ1v) is 10.1. The monoisotopic (exact) mass is 391 g/mol. The summed E-state index contributed by atoms with van der Waals surface area (Å²) in [5, 5.41) is 5.75. The third-order valence-corrected chi connectivity index (χ3v) is 6.39. The molecule has 0 saturated carbocycles. The van der Waals surface area contributed by atoms with Crippen molar-refractivity contribution in [3.8, 4) is 0 Å². The average Bonchev–Trinajstić information content (AvgIpc) is 2.61. The van der Waals surface area contributed by atoms with Crippen LogP contribution in [0.3, 0.4) is 0 Å². The van der Waals surface area contributed by atoms with Crippen molar-refractivity contribution >= 4 is 27.5 Å². The van der Waals surface area contributed by atoms with E-state index in [0.717, 1.165) is 18.7 Å². The normalized spacial score (nSPS) is 16.8. The quantitative estimate of drug-likeness (QED) is 0.692. The summed E-state index contributed by atoms with van der Waals surface area (Å²) in [6.45, 7) is 4.61. The molecule has 2 rings (SSSR count). The smallest absolute Gasteiger partial charge is 0.243 e. The highest BCUT2D eigenvalue weighted by Crippen LogP contribution is 2.26. The maximum atomic E-state index is 13.2. The first-order valence-electron chi connectivity index (χ1n) is 8.30. The van der Waals surface area contributed by atoms with Gasteiger partial charge in [0.25, 0.3) is 0 Å². The lowest BCUT2D eigenvalue weighted by atomic mass is 9.97. The Hall–Kier alpha value is -1.22. The van der Waals surface area contributed by atoms with Crippen LogP contribution in [0.4, 0.5) is 4.39 Å². The Labute approximate surface area is 152 Å². The highest BCUT2D eigenvalue weighted by molar-refractivity contribution is 7.89. The lowest BCUT2D eigenvalue weighted by molar-refractivity contribution is -0.126. The van der Waals surface area contributed by atoms with Gasteiger partial charge in [0.2, 0.25) is 15.9 Å². The zero-order valence-corrected chi connectivity index (χ0v) is 15.7. The van der Waals surface area contributed by atoms with Crippen molar-refractivity contribution in [1.29, 1.82) is 0 Å². The Kier molecular flexibility index (Phi) is 7.18. The number of nitrogens with one attached hydrogen (secondary N) is 2. The van der Waals surface area contributed by atoms with Crippen LogP contribution < -0.4 is 10.6 Å². The first kappa shape index (κ1) is 20.1. The summed E-state index contributed by atoms with van der Waals surface area (Å²) in [7, 11) is -3.73. The van der Waals surface area contributed by atoms with E-state index in [4.69, 9.17) is 11.6 Å². The number of carbonyl (C=O) groups excluding carboxylic acids is 1. The summed E-state index contributed by atoms with van der Waals surface area (Å²) in [5.74, 6) is -0.891. The molecular weight excluding hydrogens is 369 g/mol. The number of nitrogens with zero attached hydrogens (tertiary/aromatic N) is 1. The standard InChI is InChI=1S/C16H23ClFN3O3S/c1-2-19-7-8-20-16(22)12-5-9-21(10-6-12)25(23,24)13-3-4-15(18)14(17)11-13/h3-4,11-12,19H,2,5-10H2,1H3,(H,20,22). The van der Waals surface area contributed by atoms with Crippen LogP contribution in [0.25, 0.3) is 0 Å². The van der Waals surface area contributed by atoms with E-state index in [1.807, 2.05) is 6.92 Å². The van der Waals surface area contributed by atoms with Crippen molar-refractivity contribution < 1.29 is 17.6 Å². The molecule has 2 N–H and O–H groups in total. The number of carbonyl (C=O) groups is 1. The number of halogens is 2. The van der Waals surface area contributed by atoms with Gasteiger partial charge in [0, 0.05) is 32.1 Å². The lowest BCUT2D eigenvalue weighted by Gasteiger charge is -2.30. The number of rotatable bonds is 7. The first-order chi connectivity index (χ1) is 11.9. The van der Waals surface area contributed by atoms with Crippen LogP contribution >= 0.6 is 11.6 Å². The topological polar surface area (TPSA) is 78.5 Å². The molecule has 1 aromatic carbocycles. The van der Waals surface area contributed by atoms with E-state index < -0.39 is 15.8 Å². The largest absolute Gasteiger partial charge is 0.355 e. The maximum absolute atomic E-state index is 13.2.